The van der Waals surface area contributed by atoms with Crippen LogP contribution in [-0.2, 0) is 0 Å². The molecule has 1 saturated carbocycles. The van der Waals surface area contributed by atoms with Gasteiger partial charge in [0.2, 0.25) is 0 Å². The first-order valence-electron chi connectivity index (χ1n) is 7.99. The van der Waals surface area contributed by atoms with Crippen LogP contribution in [0.1, 0.15) is 38.2 Å². The molecule has 1 aliphatic rings. The van der Waals surface area contributed by atoms with E-state index in [-0.39, 0.29) is 12.1 Å². The smallest absolute Gasteiger partial charge is 0.315 e. The third-order valence-electron chi connectivity index (χ3n) is 4.20. The predicted molar refractivity (Wildman–Crippen MR) is 86.1 cm³/mol. The number of ether oxygens (including phenoxy) is 1. The molecular formula is C17H26N2O3. The van der Waals surface area contributed by atoms with Gasteiger partial charge >= 0.3 is 6.03 Å². The molecule has 1 atom stereocenters. The van der Waals surface area contributed by atoms with Crippen molar-refractivity contribution in [3.05, 3.63) is 29.8 Å². The van der Waals surface area contributed by atoms with E-state index in [1.165, 1.54) is 0 Å². The molecule has 1 aliphatic carbocycles. The maximum Gasteiger partial charge on any atom is 0.315 e. The average molecular weight is 306 g/mol. The fraction of sp³-hybridized carbons (Fsp3) is 0.588. The predicted octanol–water partition coefficient (Wildman–Crippen LogP) is 2.37. The van der Waals surface area contributed by atoms with Crippen molar-refractivity contribution in [1.82, 2.24) is 10.6 Å². The summed E-state index contributed by atoms with van der Waals surface area (Å²) in [4.78, 5) is 11.8. The van der Waals surface area contributed by atoms with Gasteiger partial charge in [-0.2, -0.15) is 0 Å². The summed E-state index contributed by atoms with van der Waals surface area (Å²) >= 11 is 0. The molecular weight excluding hydrogens is 280 g/mol. The van der Waals surface area contributed by atoms with Gasteiger partial charge in [0.15, 0.2) is 0 Å². The first-order chi connectivity index (χ1) is 10.5. The summed E-state index contributed by atoms with van der Waals surface area (Å²) in [7, 11) is 0. The summed E-state index contributed by atoms with van der Waals surface area (Å²) in [5.74, 6) is 0.848. The Morgan fingerprint density at radius 3 is 2.68 bits per heavy atom. The number of aryl methyl sites for hydroxylation is 1. The number of benzene rings is 1. The number of hydrogen-bond donors (Lipinski definition) is 3. The highest BCUT2D eigenvalue weighted by Gasteiger charge is 2.34. The maximum atomic E-state index is 11.8. The van der Waals surface area contributed by atoms with Gasteiger partial charge in [-0.3, -0.25) is 0 Å². The van der Waals surface area contributed by atoms with Gasteiger partial charge in [-0.25, -0.2) is 4.79 Å². The molecule has 5 nitrogen and oxygen atoms in total. The average Bonchev–Trinajstić information content (AvgIpc) is 2.49. The van der Waals surface area contributed by atoms with Crippen LogP contribution in [0.25, 0.3) is 0 Å². The zero-order valence-corrected chi connectivity index (χ0v) is 13.4. The van der Waals surface area contributed by atoms with E-state index in [1.807, 2.05) is 38.1 Å². The molecule has 3 N–H and O–H groups in total. The van der Waals surface area contributed by atoms with E-state index in [0.717, 1.165) is 37.0 Å². The second-order valence-electron chi connectivity index (χ2n) is 6.06. The van der Waals surface area contributed by atoms with Crippen molar-refractivity contribution < 1.29 is 14.6 Å². The minimum Gasteiger partial charge on any atom is -0.488 e. The normalized spacial score (nSPS) is 17.2. The monoisotopic (exact) mass is 306 g/mol. The number of aliphatic hydroxyl groups is 1. The zero-order valence-electron chi connectivity index (χ0n) is 13.4. The highest BCUT2D eigenvalue weighted by atomic mass is 16.5. The highest BCUT2D eigenvalue weighted by Crippen LogP contribution is 2.30. The van der Waals surface area contributed by atoms with E-state index in [1.54, 1.807) is 0 Å². The number of nitrogens with one attached hydrogen (secondary N) is 2. The van der Waals surface area contributed by atoms with Gasteiger partial charge in [0.1, 0.15) is 11.9 Å². The molecule has 1 aromatic rings. The number of carbonyl (C=O) groups excluding carboxylic acids is 1. The molecule has 0 bridgehead atoms. The lowest BCUT2D eigenvalue weighted by molar-refractivity contribution is -0.0290. The number of amides is 2. The topological polar surface area (TPSA) is 70.6 Å². The van der Waals surface area contributed by atoms with E-state index in [2.05, 4.69) is 10.6 Å². The van der Waals surface area contributed by atoms with Gasteiger partial charge in [-0.1, -0.05) is 25.1 Å². The standard InChI is InChI=1S/C17H26N2O3/c1-3-14(22-15-8-5-4-7-13(15)2)11-18-16(20)19-12-17(21)9-6-10-17/h4-5,7-8,14,21H,3,6,9-12H2,1-2H3,(H2,18,19,20). The van der Waals surface area contributed by atoms with Crippen LogP contribution in [0.5, 0.6) is 5.75 Å². The van der Waals surface area contributed by atoms with Crippen molar-refractivity contribution in [2.75, 3.05) is 13.1 Å². The van der Waals surface area contributed by atoms with Crippen LogP contribution in [0.15, 0.2) is 24.3 Å². The fourth-order valence-electron chi connectivity index (χ4n) is 2.41. The summed E-state index contributed by atoms with van der Waals surface area (Å²) in [6.07, 6.45) is 3.29. The lowest BCUT2D eigenvalue weighted by Gasteiger charge is -2.36. The Bertz CT molecular complexity index is 500. The largest absolute Gasteiger partial charge is 0.488 e. The Balaban J connectivity index is 1.73. The maximum absolute atomic E-state index is 11.8. The van der Waals surface area contributed by atoms with Gasteiger partial charge in [0, 0.05) is 6.54 Å². The first-order valence-corrected chi connectivity index (χ1v) is 7.99. The van der Waals surface area contributed by atoms with E-state index >= 15 is 0 Å². The number of carbonyl (C=O) groups is 1. The Kier molecular flexibility index (Phi) is 5.66. The number of hydrogen-bond acceptors (Lipinski definition) is 3. The van der Waals surface area contributed by atoms with Gasteiger partial charge in [-0.05, 0) is 44.2 Å². The molecule has 2 rings (SSSR count). The third-order valence-corrected chi connectivity index (χ3v) is 4.20. The van der Waals surface area contributed by atoms with Crippen LogP contribution in [0.4, 0.5) is 4.79 Å². The summed E-state index contributed by atoms with van der Waals surface area (Å²) in [5, 5.41) is 15.5. The van der Waals surface area contributed by atoms with Crippen molar-refractivity contribution in [1.29, 1.82) is 0 Å². The quantitative estimate of drug-likeness (QED) is 0.724. The minimum atomic E-state index is -0.695. The Hall–Kier alpha value is -1.75. The lowest BCUT2D eigenvalue weighted by atomic mass is 9.80. The van der Waals surface area contributed by atoms with Crippen LogP contribution in [0.2, 0.25) is 0 Å². The number of para-hydroxylation sites is 1. The Morgan fingerprint density at radius 1 is 1.36 bits per heavy atom. The molecule has 1 unspecified atom stereocenters. The first kappa shape index (κ1) is 16.6. The summed E-state index contributed by atoms with van der Waals surface area (Å²) < 4.78 is 5.93. The molecule has 0 radical (unpaired) electrons. The van der Waals surface area contributed by atoms with Gasteiger partial charge in [-0.15, -0.1) is 0 Å². The molecule has 0 heterocycles. The molecule has 0 aromatic heterocycles. The van der Waals surface area contributed by atoms with Gasteiger partial charge in [0.05, 0.1) is 12.1 Å². The summed E-state index contributed by atoms with van der Waals surface area (Å²) in [5.41, 5.74) is 0.386. The number of rotatable bonds is 7. The fourth-order valence-corrected chi connectivity index (χ4v) is 2.41. The van der Waals surface area contributed by atoms with E-state index in [9.17, 15) is 9.90 Å². The van der Waals surface area contributed by atoms with E-state index < -0.39 is 5.60 Å². The molecule has 2 amide bonds. The lowest BCUT2D eigenvalue weighted by Crippen LogP contribution is -2.51. The van der Waals surface area contributed by atoms with Crippen LogP contribution < -0.4 is 15.4 Å². The van der Waals surface area contributed by atoms with Crippen LogP contribution >= 0.6 is 0 Å². The third kappa shape index (κ3) is 4.63. The minimum absolute atomic E-state index is 0.0707. The molecule has 0 spiro atoms. The van der Waals surface area contributed by atoms with E-state index in [4.69, 9.17) is 4.74 Å². The summed E-state index contributed by atoms with van der Waals surface area (Å²) in [6.45, 7) is 4.78. The second-order valence-corrected chi connectivity index (χ2v) is 6.06. The molecule has 5 heteroatoms. The molecule has 1 fully saturated rings. The van der Waals surface area contributed by atoms with Crippen LogP contribution in [0, 0.1) is 6.92 Å². The molecule has 1 aromatic carbocycles. The Morgan fingerprint density at radius 2 is 2.09 bits per heavy atom. The number of urea groups is 1. The van der Waals surface area contributed by atoms with Crippen molar-refractivity contribution >= 4 is 6.03 Å². The highest BCUT2D eigenvalue weighted by molar-refractivity contribution is 5.73. The van der Waals surface area contributed by atoms with Crippen molar-refractivity contribution in [2.24, 2.45) is 0 Å². The SMILES string of the molecule is CCC(CNC(=O)NCC1(O)CCC1)Oc1ccccc1C. The second kappa shape index (κ2) is 7.49. The van der Waals surface area contributed by atoms with Gasteiger partial charge in [0.25, 0.3) is 0 Å². The molecule has 22 heavy (non-hydrogen) atoms. The molecule has 0 saturated heterocycles. The molecule has 122 valence electrons. The zero-order chi connectivity index (χ0) is 16.0. The van der Waals surface area contributed by atoms with Crippen molar-refractivity contribution in [2.45, 2.75) is 51.2 Å². The van der Waals surface area contributed by atoms with Crippen LogP contribution in [0.3, 0.4) is 0 Å². The van der Waals surface area contributed by atoms with Crippen molar-refractivity contribution in [3.8, 4) is 5.75 Å². The van der Waals surface area contributed by atoms with Crippen LogP contribution in [-0.4, -0.2) is 35.9 Å². The van der Waals surface area contributed by atoms with Gasteiger partial charge < -0.3 is 20.5 Å². The van der Waals surface area contributed by atoms with E-state index in [0.29, 0.717) is 13.1 Å². The Labute approximate surface area is 132 Å². The van der Waals surface area contributed by atoms with Crippen molar-refractivity contribution in [3.63, 3.8) is 0 Å². The summed E-state index contributed by atoms with van der Waals surface area (Å²) in [6, 6.07) is 7.59. The molecule has 0 aliphatic heterocycles.